The minimum absolute atomic E-state index is 0.264. The third kappa shape index (κ3) is 5.49. The minimum atomic E-state index is -0.612. The third-order valence-corrected chi connectivity index (χ3v) is 4.29. The summed E-state index contributed by atoms with van der Waals surface area (Å²) in [5, 5.41) is 0. The van der Waals surface area contributed by atoms with E-state index in [-0.39, 0.29) is 19.0 Å². The summed E-state index contributed by atoms with van der Waals surface area (Å²) in [4.78, 5) is 24.1. The number of methoxy groups -OCH3 is 2. The Balaban J connectivity index is 1.87. The van der Waals surface area contributed by atoms with Gasteiger partial charge in [0.05, 0.1) is 14.2 Å². The number of aryl methyl sites for hydroxylation is 1. The molecule has 6 nitrogen and oxygen atoms in total. The maximum absolute atomic E-state index is 12.2. The fourth-order valence-corrected chi connectivity index (χ4v) is 2.81. The molecule has 0 amide bonds. The Hall–Kier alpha value is -3.02. The van der Waals surface area contributed by atoms with Crippen LogP contribution in [0.5, 0.6) is 17.2 Å². The van der Waals surface area contributed by atoms with Gasteiger partial charge in [0.2, 0.25) is 0 Å². The highest BCUT2D eigenvalue weighted by Gasteiger charge is 2.14. The summed E-state index contributed by atoms with van der Waals surface area (Å²) in [6.45, 7) is 5.61. The molecule has 0 aliphatic carbocycles. The number of hydrogen-bond acceptors (Lipinski definition) is 6. The molecular weight excluding hydrogens is 360 g/mol. The van der Waals surface area contributed by atoms with E-state index in [1.165, 1.54) is 19.8 Å². The lowest BCUT2D eigenvalue weighted by Gasteiger charge is -2.12. The van der Waals surface area contributed by atoms with Crippen LogP contribution in [0.4, 0.5) is 0 Å². The predicted octanol–water partition coefficient (Wildman–Crippen LogP) is 3.94. The van der Waals surface area contributed by atoms with E-state index in [0.29, 0.717) is 28.7 Å². The maximum atomic E-state index is 12.2. The summed E-state index contributed by atoms with van der Waals surface area (Å²) in [6.07, 6.45) is 0. The van der Waals surface area contributed by atoms with Crippen molar-refractivity contribution in [2.45, 2.75) is 26.7 Å². The molecule has 0 fully saturated rings. The number of Topliss-reactive ketones (excluding diaryl/α,β-unsaturated/α-hetero) is 1. The van der Waals surface area contributed by atoms with Gasteiger partial charge in [0.1, 0.15) is 5.75 Å². The summed E-state index contributed by atoms with van der Waals surface area (Å²) in [5.74, 6) is 1.00. The molecule has 28 heavy (non-hydrogen) atoms. The standard InChI is InChI=1S/C22H26O6/c1-14(2)18-8-7-17(10-15(18)3)27-13-22(24)28-12-19(23)16-6-9-20(25-4)21(11-16)26-5/h6-11,14H,12-13H2,1-5H3. The second-order valence-corrected chi connectivity index (χ2v) is 6.62. The van der Waals surface area contributed by atoms with Gasteiger partial charge in [-0.25, -0.2) is 4.79 Å². The van der Waals surface area contributed by atoms with Crippen LogP contribution in [-0.4, -0.2) is 39.2 Å². The number of ether oxygens (including phenoxy) is 4. The Morgan fingerprint density at radius 2 is 1.64 bits per heavy atom. The van der Waals surface area contributed by atoms with Gasteiger partial charge in [-0.2, -0.15) is 0 Å². The van der Waals surface area contributed by atoms with Crippen molar-refractivity contribution in [2.75, 3.05) is 27.4 Å². The van der Waals surface area contributed by atoms with E-state index in [9.17, 15) is 9.59 Å². The highest BCUT2D eigenvalue weighted by molar-refractivity contribution is 5.98. The predicted molar refractivity (Wildman–Crippen MR) is 106 cm³/mol. The average Bonchev–Trinajstić information content (AvgIpc) is 2.69. The molecule has 0 saturated heterocycles. The van der Waals surface area contributed by atoms with Crippen LogP contribution in [0.1, 0.15) is 41.3 Å². The topological polar surface area (TPSA) is 71.1 Å². The van der Waals surface area contributed by atoms with E-state index in [2.05, 4.69) is 13.8 Å². The van der Waals surface area contributed by atoms with E-state index < -0.39 is 5.97 Å². The van der Waals surface area contributed by atoms with Crippen molar-refractivity contribution in [3.63, 3.8) is 0 Å². The summed E-state index contributed by atoms with van der Waals surface area (Å²) >= 11 is 0. The molecule has 0 aliphatic heterocycles. The van der Waals surface area contributed by atoms with Crippen molar-refractivity contribution >= 4 is 11.8 Å². The van der Waals surface area contributed by atoms with E-state index in [1.807, 2.05) is 25.1 Å². The van der Waals surface area contributed by atoms with E-state index in [4.69, 9.17) is 18.9 Å². The van der Waals surface area contributed by atoms with E-state index >= 15 is 0 Å². The first-order chi connectivity index (χ1) is 13.3. The van der Waals surface area contributed by atoms with E-state index in [1.54, 1.807) is 18.2 Å². The number of carbonyl (C=O) groups is 2. The third-order valence-electron chi connectivity index (χ3n) is 4.29. The van der Waals surface area contributed by atoms with Gasteiger partial charge in [-0.3, -0.25) is 4.79 Å². The quantitative estimate of drug-likeness (QED) is 0.480. The van der Waals surface area contributed by atoms with Crippen LogP contribution < -0.4 is 14.2 Å². The number of rotatable bonds is 9. The first-order valence-electron chi connectivity index (χ1n) is 9.00. The molecule has 0 saturated carbocycles. The average molecular weight is 386 g/mol. The van der Waals surface area contributed by atoms with Crippen molar-refractivity contribution in [1.29, 1.82) is 0 Å². The Labute approximate surface area is 165 Å². The normalized spacial score (nSPS) is 10.5. The molecule has 0 aliphatic rings. The van der Waals surface area contributed by atoms with Crippen molar-refractivity contribution in [1.82, 2.24) is 0 Å². The van der Waals surface area contributed by atoms with E-state index in [0.717, 1.165) is 5.56 Å². The Morgan fingerprint density at radius 3 is 2.25 bits per heavy atom. The van der Waals surface area contributed by atoms with Crippen LogP contribution in [0.25, 0.3) is 0 Å². The number of benzene rings is 2. The van der Waals surface area contributed by atoms with Gasteiger partial charge in [-0.05, 0) is 54.3 Å². The SMILES string of the molecule is COc1ccc(C(=O)COC(=O)COc2ccc(C(C)C)c(C)c2)cc1OC. The van der Waals surface area contributed by atoms with Crippen molar-refractivity contribution in [3.05, 3.63) is 53.1 Å². The lowest BCUT2D eigenvalue weighted by Crippen LogP contribution is -2.19. The molecule has 0 N–H and O–H groups in total. The van der Waals surface area contributed by atoms with Crippen LogP contribution in [-0.2, 0) is 9.53 Å². The molecule has 0 atom stereocenters. The van der Waals surface area contributed by atoms with Crippen LogP contribution in [0.2, 0.25) is 0 Å². The van der Waals surface area contributed by atoms with Gasteiger partial charge < -0.3 is 18.9 Å². The number of hydrogen-bond donors (Lipinski definition) is 0. The van der Waals surface area contributed by atoms with Crippen LogP contribution in [0.3, 0.4) is 0 Å². The molecule has 150 valence electrons. The second-order valence-electron chi connectivity index (χ2n) is 6.62. The van der Waals surface area contributed by atoms with Gasteiger partial charge in [0.15, 0.2) is 30.5 Å². The zero-order valence-corrected chi connectivity index (χ0v) is 16.9. The van der Waals surface area contributed by atoms with Gasteiger partial charge >= 0.3 is 5.97 Å². The van der Waals surface area contributed by atoms with Gasteiger partial charge in [0.25, 0.3) is 0 Å². The Kier molecular flexibility index (Phi) is 7.44. The fraction of sp³-hybridized carbons (Fsp3) is 0.364. The molecule has 0 heterocycles. The number of esters is 1. The zero-order chi connectivity index (χ0) is 20.7. The molecule has 6 heteroatoms. The van der Waals surface area contributed by atoms with Gasteiger partial charge in [-0.1, -0.05) is 19.9 Å². The van der Waals surface area contributed by atoms with Crippen molar-refractivity contribution in [3.8, 4) is 17.2 Å². The first-order valence-corrected chi connectivity index (χ1v) is 9.00. The maximum Gasteiger partial charge on any atom is 0.344 e. The van der Waals surface area contributed by atoms with Gasteiger partial charge in [-0.15, -0.1) is 0 Å². The Bertz CT molecular complexity index is 841. The summed E-state index contributed by atoms with van der Waals surface area (Å²) < 4.78 is 20.8. The molecule has 0 radical (unpaired) electrons. The largest absolute Gasteiger partial charge is 0.493 e. The molecule has 2 aromatic rings. The molecule has 2 aromatic carbocycles. The smallest absolute Gasteiger partial charge is 0.344 e. The van der Waals surface area contributed by atoms with Crippen LogP contribution in [0, 0.1) is 6.92 Å². The second kappa shape index (κ2) is 9.78. The minimum Gasteiger partial charge on any atom is -0.493 e. The summed E-state index contributed by atoms with van der Waals surface area (Å²) in [7, 11) is 3.00. The summed E-state index contributed by atoms with van der Waals surface area (Å²) in [5.41, 5.74) is 2.70. The molecule has 0 spiro atoms. The highest BCUT2D eigenvalue weighted by atomic mass is 16.6. The highest BCUT2D eigenvalue weighted by Crippen LogP contribution is 2.27. The van der Waals surface area contributed by atoms with Gasteiger partial charge in [0, 0.05) is 5.56 Å². The fourth-order valence-electron chi connectivity index (χ4n) is 2.81. The number of carbonyl (C=O) groups excluding carboxylic acids is 2. The molecule has 0 unspecified atom stereocenters. The lowest BCUT2D eigenvalue weighted by atomic mass is 9.98. The molecule has 2 rings (SSSR count). The molecule has 0 bridgehead atoms. The van der Waals surface area contributed by atoms with Crippen molar-refractivity contribution in [2.24, 2.45) is 0 Å². The van der Waals surface area contributed by atoms with Crippen molar-refractivity contribution < 1.29 is 28.5 Å². The first kappa shape index (κ1) is 21.3. The monoisotopic (exact) mass is 386 g/mol. The zero-order valence-electron chi connectivity index (χ0n) is 16.9. The Morgan fingerprint density at radius 1 is 0.929 bits per heavy atom. The molecule has 0 aromatic heterocycles. The lowest BCUT2D eigenvalue weighted by molar-refractivity contribution is -0.144. The summed E-state index contributed by atoms with van der Waals surface area (Å²) in [6, 6.07) is 10.5. The van der Waals surface area contributed by atoms with Crippen LogP contribution >= 0.6 is 0 Å². The molecular formula is C22H26O6. The van der Waals surface area contributed by atoms with Crippen LogP contribution in [0.15, 0.2) is 36.4 Å². The number of ketones is 1.